The number of hydrogen-bond acceptors (Lipinski definition) is 5. The van der Waals surface area contributed by atoms with Crippen LogP contribution in [0.4, 0.5) is 0 Å². The van der Waals surface area contributed by atoms with Crippen LogP contribution in [0.5, 0.6) is 0 Å². The number of thiophene rings is 1. The Morgan fingerprint density at radius 3 is 2.62 bits per heavy atom. The van der Waals surface area contributed by atoms with Gasteiger partial charge < -0.3 is 5.11 Å². The number of aryl methyl sites for hydroxylation is 2. The minimum absolute atomic E-state index is 0.00234. The van der Waals surface area contributed by atoms with Gasteiger partial charge in [-0.05, 0) is 37.1 Å². The van der Waals surface area contributed by atoms with Crippen molar-refractivity contribution in [1.29, 1.82) is 0 Å². The average molecular weight is 326 g/mol. The van der Waals surface area contributed by atoms with Gasteiger partial charge in [0.1, 0.15) is 9.09 Å². The molecule has 2 N–H and O–H groups in total. The van der Waals surface area contributed by atoms with Crippen LogP contribution < -0.4 is 4.72 Å². The number of carboxylic acid groups (broad SMARTS) is 1. The van der Waals surface area contributed by atoms with E-state index in [1.807, 2.05) is 6.92 Å². The Balaban J connectivity index is 2.17. The first-order valence-electron chi connectivity index (χ1n) is 6.04. The lowest BCUT2D eigenvalue weighted by Crippen LogP contribution is -2.22. The van der Waals surface area contributed by atoms with Crippen LogP contribution in [0.25, 0.3) is 0 Å². The van der Waals surface area contributed by atoms with Gasteiger partial charge in [-0.15, -0.1) is 11.3 Å². The Kier molecular flexibility index (Phi) is 4.40. The summed E-state index contributed by atoms with van der Waals surface area (Å²) in [6.45, 7) is 3.52. The molecule has 2 heterocycles. The fourth-order valence-corrected chi connectivity index (χ4v) is 4.09. The van der Waals surface area contributed by atoms with Crippen molar-refractivity contribution in [2.24, 2.45) is 0 Å². The molecule has 2 aromatic heterocycles. The van der Waals surface area contributed by atoms with E-state index in [4.69, 9.17) is 5.11 Å². The van der Waals surface area contributed by atoms with Crippen LogP contribution in [0.15, 0.2) is 28.6 Å². The van der Waals surface area contributed by atoms with Crippen molar-refractivity contribution < 1.29 is 18.3 Å². The van der Waals surface area contributed by atoms with E-state index in [0.29, 0.717) is 5.56 Å². The molecule has 0 aliphatic rings. The van der Waals surface area contributed by atoms with E-state index in [2.05, 4.69) is 9.71 Å². The number of nitrogens with zero attached hydrogens (tertiary/aromatic N) is 1. The molecule has 0 aliphatic carbocycles. The van der Waals surface area contributed by atoms with Crippen molar-refractivity contribution in [2.75, 3.05) is 0 Å². The third kappa shape index (κ3) is 3.66. The van der Waals surface area contributed by atoms with Crippen LogP contribution in [-0.4, -0.2) is 24.5 Å². The molecule has 0 aromatic carbocycles. The maximum Gasteiger partial charge on any atom is 0.346 e. The predicted octanol–water partition coefficient (Wildman–Crippen LogP) is 1.94. The zero-order chi connectivity index (χ0) is 15.6. The van der Waals surface area contributed by atoms with E-state index in [9.17, 15) is 13.2 Å². The molecule has 0 spiro atoms. The summed E-state index contributed by atoms with van der Waals surface area (Å²) >= 11 is 0.747. The highest BCUT2D eigenvalue weighted by molar-refractivity contribution is 7.91. The number of rotatable bonds is 5. The Labute approximate surface area is 126 Å². The summed E-state index contributed by atoms with van der Waals surface area (Å²) in [5, 5.41) is 8.97. The lowest BCUT2D eigenvalue weighted by atomic mass is 10.2. The fourth-order valence-electron chi connectivity index (χ4n) is 1.65. The van der Waals surface area contributed by atoms with Crippen molar-refractivity contribution in [2.45, 2.75) is 24.6 Å². The molecule has 0 amide bonds. The summed E-state index contributed by atoms with van der Waals surface area (Å²) in [6.07, 6.45) is 1.60. The van der Waals surface area contributed by atoms with Crippen LogP contribution in [0.1, 0.15) is 26.5 Å². The molecule has 0 saturated heterocycles. The van der Waals surface area contributed by atoms with Gasteiger partial charge in [0.15, 0.2) is 0 Å². The van der Waals surface area contributed by atoms with Crippen LogP contribution in [0, 0.1) is 13.8 Å². The zero-order valence-corrected chi connectivity index (χ0v) is 13.1. The molecule has 112 valence electrons. The van der Waals surface area contributed by atoms with Crippen LogP contribution in [-0.2, 0) is 16.6 Å². The van der Waals surface area contributed by atoms with Crippen LogP contribution in [0.2, 0.25) is 0 Å². The van der Waals surface area contributed by atoms with Gasteiger partial charge in [-0.3, -0.25) is 4.98 Å². The van der Waals surface area contributed by atoms with E-state index >= 15 is 0 Å². The summed E-state index contributed by atoms with van der Waals surface area (Å²) in [5.41, 5.74) is 2.02. The monoisotopic (exact) mass is 326 g/mol. The third-order valence-corrected chi connectivity index (χ3v) is 5.89. The van der Waals surface area contributed by atoms with Crippen LogP contribution >= 0.6 is 11.3 Å². The molecule has 0 saturated carbocycles. The summed E-state index contributed by atoms with van der Waals surface area (Å²) < 4.78 is 26.7. The maximum absolute atomic E-state index is 12.1. The lowest BCUT2D eigenvalue weighted by molar-refractivity contribution is 0.0701. The van der Waals surface area contributed by atoms with Crippen molar-refractivity contribution in [1.82, 2.24) is 9.71 Å². The Morgan fingerprint density at radius 1 is 1.38 bits per heavy atom. The first-order valence-corrected chi connectivity index (χ1v) is 8.34. The van der Waals surface area contributed by atoms with Gasteiger partial charge in [0.05, 0.1) is 0 Å². The molecule has 0 aliphatic heterocycles. The Hall–Kier alpha value is -1.77. The van der Waals surface area contributed by atoms with Gasteiger partial charge in [-0.25, -0.2) is 17.9 Å². The molecule has 2 rings (SSSR count). The molecule has 8 heteroatoms. The lowest BCUT2D eigenvalue weighted by Gasteiger charge is -2.04. The zero-order valence-electron chi connectivity index (χ0n) is 11.5. The molecule has 0 atom stereocenters. The molecule has 0 unspecified atom stereocenters. The van der Waals surface area contributed by atoms with Gasteiger partial charge in [0.2, 0.25) is 10.0 Å². The van der Waals surface area contributed by atoms with E-state index in [0.717, 1.165) is 22.6 Å². The fraction of sp³-hybridized carbons (Fsp3) is 0.231. The molecule has 0 fully saturated rings. The van der Waals surface area contributed by atoms with E-state index in [1.54, 1.807) is 25.3 Å². The first kappa shape index (κ1) is 15.6. The molecule has 6 nitrogen and oxygen atoms in total. The van der Waals surface area contributed by atoms with Gasteiger partial charge in [0, 0.05) is 18.4 Å². The third-order valence-electron chi connectivity index (χ3n) is 2.79. The van der Waals surface area contributed by atoms with Crippen LogP contribution in [0.3, 0.4) is 0 Å². The van der Waals surface area contributed by atoms with E-state index in [-0.39, 0.29) is 15.6 Å². The second-order valence-electron chi connectivity index (χ2n) is 4.52. The van der Waals surface area contributed by atoms with E-state index < -0.39 is 16.0 Å². The Morgan fingerprint density at radius 2 is 2.10 bits per heavy atom. The number of sulfonamides is 1. The molecule has 0 radical (unpaired) electrons. The molecular formula is C13H14N2O4S2. The van der Waals surface area contributed by atoms with Gasteiger partial charge in [0.25, 0.3) is 0 Å². The number of hydrogen-bond donors (Lipinski definition) is 2. The first-order chi connectivity index (χ1) is 9.79. The molecule has 21 heavy (non-hydrogen) atoms. The molecule has 0 bridgehead atoms. The maximum atomic E-state index is 12.1. The summed E-state index contributed by atoms with van der Waals surface area (Å²) in [7, 11) is -3.73. The highest BCUT2D eigenvalue weighted by Crippen LogP contribution is 2.25. The largest absolute Gasteiger partial charge is 0.477 e. The quantitative estimate of drug-likeness (QED) is 0.875. The number of aromatic nitrogens is 1. The highest BCUT2D eigenvalue weighted by atomic mass is 32.2. The van der Waals surface area contributed by atoms with Gasteiger partial charge in [-0.2, -0.15) is 0 Å². The number of carbonyl (C=O) groups is 1. The second kappa shape index (κ2) is 5.92. The minimum atomic E-state index is -3.73. The van der Waals surface area contributed by atoms with E-state index in [1.165, 1.54) is 6.07 Å². The predicted molar refractivity (Wildman–Crippen MR) is 79.0 cm³/mol. The number of pyridine rings is 1. The number of aromatic carboxylic acids is 1. The normalized spacial score (nSPS) is 11.5. The second-order valence-corrected chi connectivity index (χ2v) is 7.56. The SMILES string of the molecule is Cc1ccc(CNS(=O)(=O)c2cc(C)c(C(=O)O)s2)cn1. The summed E-state index contributed by atoms with van der Waals surface area (Å²) in [4.78, 5) is 15.1. The number of nitrogens with one attached hydrogen (secondary N) is 1. The Bertz CT molecular complexity index is 764. The standard InChI is InChI=1S/C13H14N2O4S2/c1-8-5-11(20-12(8)13(16)17)21(18,19)15-7-10-4-3-9(2)14-6-10/h3-6,15H,7H2,1-2H3,(H,16,17). The number of carboxylic acids is 1. The minimum Gasteiger partial charge on any atom is -0.477 e. The molecule has 2 aromatic rings. The average Bonchev–Trinajstić information content (AvgIpc) is 2.81. The van der Waals surface area contributed by atoms with Gasteiger partial charge in [-0.1, -0.05) is 6.07 Å². The summed E-state index contributed by atoms with van der Waals surface area (Å²) in [5.74, 6) is -1.12. The van der Waals surface area contributed by atoms with Crippen molar-refractivity contribution in [3.05, 3.63) is 46.1 Å². The van der Waals surface area contributed by atoms with Crippen molar-refractivity contribution in [3.8, 4) is 0 Å². The highest BCUT2D eigenvalue weighted by Gasteiger charge is 2.21. The van der Waals surface area contributed by atoms with Crippen molar-refractivity contribution >= 4 is 27.3 Å². The van der Waals surface area contributed by atoms with Gasteiger partial charge >= 0.3 is 5.97 Å². The van der Waals surface area contributed by atoms with Crippen molar-refractivity contribution in [3.63, 3.8) is 0 Å². The smallest absolute Gasteiger partial charge is 0.346 e. The molecular weight excluding hydrogens is 312 g/mol. The summed E-state index contributed by atoms with van der Waals surface area (Å²) in [6, 6.07) is 4.94. The topological polar surface area (TPSA) is 96.4 Å².